The van der Waals surface area contributed by atoms with Crippen LogP contribution in [0.25, 0.3) is 0 Å². The minimum absolute atomic E-state index is 0. The largest absolute Gasteiger partial charge is 0.459 e. The molecule has 1 unspecified atom stereocenters. The van der Waals surface area contributed by atoms with E-state index in [4.69, 9.17) is 13.9 Å². The second kappa shape index (κ2) is 14.0. The summed E-state index contributed by atoms with van der Waals surface area (Å²) in [5, 5.41) is 9.41. The molecule has 2 aromatic rings. The van der Waals surface area contributed by atoms with E-state index < -0.39 is 0 Å². The van der Waals surface area contributed by atoms with Crippen LogP contribution in [-0.4, -0.2) is 50.9 Å². The van der Waals surface area contributed by atoms with Crippen LogP contribution in [0.15, 0.2) is 52.1 Å². The van der Waals surface area contributed by atoms with Gasteiger partial charge in [-0.15, -0.1) is 24.0 Å². The monoisotopic (exact) mass is 542 g/mol. The third-order valence-corrected chi connectivity index (χ3v) is 4.55. The number of nitrogens with zero attached hydrogens (tertiary/aromatic N) is 1. The maximum absolute atomic E-state index is 12.1. The SMILES string of the molecule is CCNC(=NCc1cccc(NC(=O)c2ccco2)c1)NCCCOC1CCOC1.I. The van der Waals surface area contributed by atoms with Crippen LogP contribution in [0.1, 0.15) is 35.9 Å². The van der Waals surface area contributed by atoms with E-state index in [0.717, 1.165) is 44.1 Å². The zero-order valence-corrected chi connectivity index (χ0v) is 20.1. The molecule has 1 aliphatic heterocycles. The Bertz CT molecular complexity index is 808. The van der Waals surface area contributed by atoms with E-state index in [1.165, 1.54) is 6.26 Å². The van der Waals surface area contributed by atoms with Crippen LogP contribution in [0.2, 0.25) is 0 Å². The first-order chi connectivity index (χ1) is 14.7. The quantitative estimate of drug-likeness (QED) is 0.184. The van der Waals surface area contributed by atoms with Gasteiger partial charge in [0.05, 0.1) is 25.5 Å². The molecule has 1 aromatic heterocycles. The number of carbonyl (C=O) groups is 1. The lowest BCUT2D eigenvalue weighted by atomic mass is 10.2. The lowest BCUT2D eigenvalue weighted by Crippen LogP contribution is -2.38. The molecule has 2 heterocycles. The Hall–Kier alpha value is -2.11. The van der Waals surface area contributed by atoms with Gasteiger partial charge in [-0.2, -0.15) is 0 Å². The summed E-state index contributed by atoms with van der Waals surface area (Å²) in [5.41, 5.74) is 1.70. The molecule has 9 heteroatoms. The molecule has 3 N–H and O–H groups in total. The number of amides is 1. The maximum atomic E-state index is 12.1. The molecule has 0 spiro atoms. The summed E-state index contributed by atoms with van der Waals surface area (Å²) in [5.74, 6) is 0.759. The summed E-state index contributed by atoms with van der Waals surface area (Å²) >= 11 is 0. The van der Waals surface area contributed by atoms with Gasteiger partial charge < -0.3 is 29.8 Å². The van der Waals surface area contributed by atoms with Gasteiger partial charge in [-0.1, -0.05) is 12.1 Å². The number of guanidine groups is 1. The lowest BCUT2D eigenvalue weighted by Gasteiger charge is -2.13. The number of aliphatic imine (C=N–C) groups is 1. The summed E-state index contributed by atoms with van der Waals surface area (Å²) in [6, 6.07) is 10.9. The van der Waals surface area contributed by atoms with E-state index in [-0.39, 0.29) is 41.7 Å². The number of rotatable bonds is 10. The Kier molecular flexibility index (Phi) is 11.4. The Labute approximate surface area is 200 Å². The van der Waals surface area contributed by atoms with Gasteiger partial charge in [0.1, 0.15) is 0 Å². The van der Waals surface area contributed by atoms with E-state index >= 15 is 0 Å². The van der Waals surface area contributed by atoms with Gasteiger partial charge in [0, 0.05) is 32.0 Å². The molecule has 0 aliphatic carbocycles. The summed E-state index contributed by atoms with van der Waals surface area (Å²) in [6.07, 6.45) is 3.60. The van der Waals surface area contributed by atoms with Crippen LogP contribution < -0.4 is 16.0 Å². The highest BCUT2D eigenvalue weighted by atomic mass is 127. The summed E-state index contributed by atoms with van der Waals surface area (Å²) in [6.45, 7) is 6.30. The van der Waals surface area contributed by atoms with Crippen molar-refractivity contribution >= 4 is 41.5 Å². The fraction of sp³-hybridized carbons (Fsp3) is 0.455. The van der Waals surface area contributed by atoms with Gasteiger partial charge in [0.25, 0.3) is 5.91 Å². The molecule has 3 rings (SSSR count). The van der Waals surface area contributed by atoms with Crippen LogP contribution in [0, 0.1) is 0 Å². The van der Waals surface area contributed by atoms with Crippen LogP contribution in [0.5, 0.6) is 0 Å². The van der Waals surface area contributed by atoms with Crippen LogP contribution in [0.4, 0.5) is 5.69 Å². The predicted molar refractivity (Wildman–Crippen MR) is 131 cm³/mol. The number of benzene rings is 1. The standard InChI is InChI=1S/C22H30N4O4.HI/c1-2-23-22(24-10-5-12-29-19-9-13-28-16-19)25-15-17-6-3-7-18(14-17)26-21(27)20-8-4-11-30-20;/h3-4,6-8,11,14,19H,2,5,9-10,12-13,15-16H2,1H3,(H,26,27)(H2,23,24,25);1H. The topological polar surface area (TPSA) is 97.1 Å². The van der Waals surface area contributed by atoms with Gasteiger partial charge in [0.15, 0.2) is 11.7 Å². The third kappa shape index (κ3) is 8.88. The summed E-state index contributed by atoms with van der Waals surface area (Å²) in [4.78, 5) is 16.8. The summed E-state index contributed by atoms with van der Waals surface area (Å²) in [7, 11) is 0. The van der Waals surface area contributed by atoms with Gasteiger partial charge >= 0.3 is 0 Å². The molecule has 0 saturated carbocycles. The number of ether oxygens (including phenoxy) is 2. The molecule has 1 atom stereocenters. The van der Waals surface area contributed by atoms with Crippen molar-refractivity contribution in [1.29, 1.82) is 0 Å². The Morgan fingerprint density at radius 3 is 2.90 bits per heavy atom. The van der Waals surface area contributed by atoms with Gasteiger partial charge in [-0.3, -0.25) is 4.79 Å². The van der Waals surface area contributed by atoms with Crippen LogP contribution in [-0.2, 0) is 16.0 Å². The Morgan fingerprint density at radius 1 is 1.26 bits per heavy atom. The van der Waals surface area contributed by atoms with Crippen molar-refractivity contribution in [3.63, 3.8) is 0 Å². The predicted octanol–water partition coefficient (Wildman–Crippen LogP) is 3.40. The minimum atomic E-state index is -0.276. The van der Waals surface area contributed by atoms with E-state index in [9.17, 15) is 4.79 Å². The third-order valence-electron chi connectivity index (χ3n) is 4.55. The van der Waals surface area contributed by atoms with E-state index in [1.807, 2.05) is 31.2 Å². The molecule has 31 heavy (non-hydrogen) atoms. The van der Waals surface area contributed by atoms with Crippen molar-refractivity contribution in [2.75, 3.05) is 38.2 Å². The first-order valence-corrected chi connectivity index (χ1v) is 10.4. The number of furan rings is 1. The molecule has 0 bridgehead atoms. The number of halogens is 1. The molecule has 1 aromatic carbocycles. The number of hydrogen-bond donors (Lipinski definition) is 3. The molecule has 1 saturated heterocycles. The number of nitrogens with one attached hydrogen (secondary N) is 3. The lowest BCUT2D eigenvalue weighted by molar-refractivity contribution is 0.0420. The fourth-order valence-corrected chi connectivity index (χ4v) is 3.03. The second-order valence-corrected chi connectivity index (χ2v) is 6.96. The van der Waals surface area contributed by atoms with Crippen molar-refractivity contribution < 1.29 is 18.7 Å². The smallest absolute Gasteiger partial charge is 0.291 e. The van der Waals surface area contributed by atoms with Gasteiger partial charge in [-0.05, 0) is 49.6 Å². The van der Waals surface area contributed by atoms with E-state index in [2.05, 4.69) is 20.9 Å². The van der Waals surface area contributed by atoms with Gasteiger partial charge in [-0.25, -0.2) is 4.99 Å². The zero-order chi connectivity index (χ0) is 21.0. The van der Waals surface area contributed by atoms with Crippen molar-refractivity contribution in [1.82, 2.24) is 10.6 Å². The molecule has 1 fully saturated rings. The highest BCUT2D eigenvalue weighted by Crippen LogP contribution is 2.13. The van der Waals surface area contributed by atoms with E-state index in [1.54, 1.807) is 12.1 Å². The van der Waals surface area contributed by atoms with E-state index in [0.29, 0.717) is 25.4 Å². The number of carbonyl (C=O) groups excluding carboxylic acids is 1. The highest BCUT2D eigenvalue weighted by molar-refractivity contribution is 14.0. The Balaban J connectivity index is 0.00000341. The van der Waals surface area contributed by atoms with Crippen LogP contribution in [0.3, 0.4) is 0 Å². The summed E-state index contributed by atoms with van der Waals surface area (Å²) < 4.78 is 16.2. The molecule has 1 amide bonds. The number of anilines is 1. The fourth-order valence-electron chi connectivity index (χ4n) is 3.03. The molecule has 1 aliphatic rings. The molecular weight excluding hydrogens is 511 g/mol. The van der Waals surface area contributed by atoms with Crippen molar-refractivity contribution in [2.24, 2.45) is 4.99 Å². The highest BCUT2D eigenvalue weighted by Gasteiger charge is 2.15. The zero-order valence-electron chi connectivity index (χ0n) is 17.8. The normalized spacial score (nSPS) is 15.9. The first-order valence-electron chi connectivity index (χ1n) is 10.4. The molecule has 170 valence electrons. The second-order valence-electron chi connectivity index (χ2n) is 6.96. The maximum Gasteiger partial charge on any atom is 0.291 e. The van der Waals surface area contributed by atoms with Crippen LogP contribution >= 0.6 is 24.0 Å². The van der Waals surface area contributed by atoms with Crippen molar-refractivity contribution in [3.8, 4) is 0 Å². The molecular formula is C22H31IN4O4. The van der Waals surface area contributed by atoms with Crippen molar-refractivity contribution in [3.05, 3.63) is 54.0 Å². The average Bonchev–Trinajstić information content (AvgIpc) is 3.46. The molecule has 0 radical (unpaired) electrons. The first kappa shape index (κ1) is 25.2. The molecule has 8 nitrogen and oxygen atoms in total. The number of hydrogen-bond acceptors (Lipinski definition) is 5. The van der Waals surface area contributed by atoms with Crippen molar-refractivity contribution in [2.45, 2.75) is 32.4 Å². The Morgan fingerprint density at radius 2 is 2.16 bits per heavy atom. The average molecular weight is 542 g/mol. The minimum Gasteiger partial charge on any atom is -0.459 e. The van der Waals surface area contributed by atoms with Gasteiger partial charge in [0.2, 0.25) is 0 Å².